The van der Waals surface area contributed by atoms with E-state index in [0.717, 1.165) is 30.0 Å². The Hall–Kier alpha value is -1.55. The minimum Gasteiger partial charge on any atom is -0.496 e. The summed E-state index contributed by atoms with van der Waals surface area (Å²) >= 11 is 0. The number of nitrogens with zero attached hydrogens (tertiary/aromatic N) is 1. The Kier molecular flexibility index (Phi) is 6.21. The molecule has 0 spiro atoms. The largest absolute Gasteiger partial charge is 0.496 e. The first-order valence-corrected chi connectivity index (χ1v) is 7.35. The van der Waals surface area contributed by atoms with Crippen molar-refractivity contribution in [2.24, 2.45) is 0 Å². The summed E-state index contributed by atoms with van der Waals surface area (Å²) in [5, 5.41) is 3.05. The number of hydrogen-bond donors (Lipinski definition) is 1. The summed E-state index contributed by atoms with van der Waals surface area (Å²) in [6.45, 7) is 7.97. The Morgan fingerprint density at radius 3 is 2.52 bits per heavy atom. The lowest BCUT2D eigenvalue weighted by atomic mass is 9.85. The third kappa shape index (κ3) is 5.05. The molecule has 0 bridgehead atoms. The van der Waals surface area contributed by atoms with Gasteiger partial charge in [-0.15, -0.1) is 0 Å². The van der Waals surface area contributed by atoms with Crippen molar-refractivity contribution in [2.45, 2.75) is 32.6 Å². The molecule has 1 aromatic carbocycles. The van der Waals surface area contributed by atoms with Gasteiger partial charge in [-0.1, -0.05) is 32.9 Å². The summed E-state index contributed by atoms with van der Waals surface area (Å²) in [7, 11) is 5.41. The maximum absolute atomic E-state index is 12.2. The van der Waals surface area contributed by atoms with Crippen molar-refractivity contribution in [3.05, 3.63) is 29.3 Å². The van der Waals surface area contributed by atoms with Gasteiger partial charge in [0.2, 0.25) is 5.91 Å². The van der Waals surface area contributed by atoms with Crippen molar-refractivity contribution >= 4 is 5.91 Å². The number of nitrogens with one attached hydrogen (secondary N) is 1. The van der Waals surface area contributed by atoms with Crippen LogP contribution in [-0.4, -0.2) is 45.1 Å². The summed E-state index contributed by atoms with van der Waals surface area (Å²) in [6.07, 6.45) is 0.424. The van der Waals surface area contributed by atoms with Gasteiger partial charge in [0.1, 0.15) is 5.75 Å². The normalized spacial score (nSPS) is 11.3. The number of benzene rings is 1. The molecule has 118 valence electrons. The summed E-state index contributed by atoms with van der Waals surface area (Å²) in [4.78, 5) is 14.0. The standard InChI is InChI=1S/C17H28N2O2/c1-17(2,3)14-11-13(7-8-15(14)21-6)12-16(20)19(5)10-9-18-4/h7-8,11,18H,9-10,12H2,1-6H3. The third-order valence-electron chi connectivity index (χ3n) is 3.55. The van der Waals surface area contributed by atoms with Crippen LogP contribution in [0, 0.1) is 0 Å². The molecule has 0 heterocycles. The molecule has 4 heteroatoms. The van der Waals surface area contributed by atoms with E-state index in [1.807, 2.05) is 26.2 Å². The zero-order valence-electron chi connectivity index (χ0n) is 14.1. The van der Waals surface area contributed by atoms with Crippen molar-refractivity contribution in [3.63, 3.8) is 0 Å². The molecule has 0 radical (unpaired) electrons. The molecule has 0 aliphatic carbocycles. The molecule has 0 aliphatic heterocycles. The fourth-order valence-electron chi connectivity index (χ4n) is 2.16. The van der Waals surface area contributed by atoms with E-state index in [9.17, 15) is 4.79 Å². The van der Waals surface area contributed by atoms with E-state index in [2.05, 4.69) is 32.2 Å². The molecular formula is C17H28N2O2. The minimum atomic E-state index is -0.0115. The van der Waals surface area contributed by atoms with E-state index in [4.69, 9.17) is 4.74 Å². The van der Waals surface area contributed by atoms with Crippen LogP contribution >= 0.6 is 0 Å². The quantitative estimate of drug-likeness (QED) is 0.874. The highest BCUT2D eigenvalue weighted by Crippen LogP contribution is 2.32. The van der Waals surface area contributed by atoms with Gasteiger partial charge in [-0.3, -0.25) is 4.79 Å². The molecule has 0 atom stereocenters. The zero-order valence-corrected chi connectivity index (χ0v) is 14.1. The van der Waals surface area contributed by atoms with Crippen LogP contribution in [0.4, 0.5) is 0 Å². The molecule has 1 N–H and O–H groups in total. The third-order valence-corrected chi connectivity index (χ3v) is 3.55. The van der Waals surface area contributed by atoms with Crippen LogP contribution in [0.1, 0.15) is 31.9 Å². The molecule has 1 rings (SSSR count). The molecule has 1 amide bonds. The highest BCUT2D eigenvalue weighted by molar-refractivity contribution is 5.78. The van der Waals surface area contributed by atoms with Gasteiger partial charge in [0.25, 0.3) is 0 Å². The average Bonchev–Trinajstić information content (AvgIpc) is 2.43. The first-order chi connectivity index (χ1) is 9.79. The maximum Gasteiger partial charge on any atom is 0.226 e. The first-order valence-electron chi connectivity index (χ1n) is 7.35. The van der Waals surface area contributed by atoms with Crippen LogP contribution in [-0.2, 0) is 16.6 Å². The molecule has 21 heavy (non-hydrogen) atoms. The summed E-state index contributed by atoms with van der Waals surface area (Å²) in [5.74, 6) is 1.01. The van der Waals surface area contributed by atoms with Gasteiger partial charge in [0, 0.05) is 20.1 Å². The van der Waals surface area contributed by atoms with E-state index in [-0.39, 0.29) is 11.3 Å². The number of carbonyl (C=O) groups is 1. The van der Waals surface area contributed by atoms with Gasteiger partial charge in [0.15, 0.2) is 0 Å². The molecule has 0 unspecified atom stereocenters. The van der Waals surface area contributed by atoms with E-state index < -0.39 is 0 Å². The van der Waals surface area contributed by atoms with Crippen molar-refractivity contribution < 1.29 is 9.53 Å². The maximum atomic E-state index is 12.2. The molecule has 0 saturated carbocycles. The Morgan fingerprint density at radius 2 is 2.00 bits per heavy atom. The summed E-state index contributed by atoms with van der Waals surface area (Å²) in [6, 6.07) is 6.01. The van der Waals surface area contributed by atoms with Crippen LogP contribution in [0.2, 0.25) is 0 Å². The summed E-state index contributed by atoms with van der Waals surface area (Å²) in [5.41, 5.74) is 2.15. The number of likely N-dealkylation sites (N-methyl/N-ethyl adjacent to an activating group) is 2. The van der Waals surface area contributed by atoms with Crippen molar-refractivity contribution in [1.29, 1.82) is 0 Å². The molecule has 0 saturated heterocycles. The van der Waals surface area contributed by atoms with Crippen molar-refractivity contribution in [1.82, 2.24) is 10.2 Å². The lowest BCUT2D eigenvalue weighted by molar-refractivity contribution is -0.129. The SMILES string of the molecule is CNCCN(C)C(=O)Cc1ccc(OC)c(C(C)(C)C)c1. The Labute approximate surface area is 128 Å². The van der Waals surface area contributed by atoms with Crippen LogP contribution in [0.5, 0.6) is 5.75 Å². The predicted octanol–water partition coefficient (Wildman–Crippen LogP) is 2.21. The number of ether oxygens (including phenoxy) is 1. The van der Waals surface area contributed by atoms with Gasteiger partial charge in [-0.05, 0) is 29.7 Å². The van der Waals surface area contributed by atoms with Gasteiger partial charge in [-0.2, -0.15) is 0 Å². The minimum absolute atomic E-state index is 0.0115. The van der Waals surface area contributed by atoms with Gasteiger partial charge in [0.05, 0.1) is 13.5 Å². The number of methoxy groups -OCH3 is 1. The zero-order chi connectivity index (χ0) is 16.0. The molecule has 0 fully saturated rings. The predicted molar refractivity (Wildman–Crippen MR) is 87.0 cm³/mol. The number of carbonyl (C=O) groups excluding carboxylic acids is 1. The highest BCUT2D eigenvalue weighted by Gasteiger charge is 2.20. The van der Waals surface area contributed by atoms with Crippen LogP contribution < -0.4 is 10.1 Å². The fourth-order valence-corrected chi connectivity index (χ4v) is 2.16. The lowest BCUT2D eigenvalue weighted by Crippen LogP contribution is -2.33. The monoisotopic (exact) mass is 292 g/mol. The Balaban J connectivity index is 2.87. The van der Waals surface area contributed by atoms with Gasteiger partial charge >= 0.3 is 0 Å². The Bertz CT molecular complexity index is 478. The Morgan fingerprint density at radius 1 is 1.33 bits per heavy atom. The van der Waals surface area contributed by atoms with Crippen LogP contribution in [0.15, 0.2) is 18.2 Å². The number of amides is 1. The first kappa shape index (κ1) is 17.5. The fraction of sp³-hybridized carbons (Fsp3) is 0.588. The second-order valence-corrected chi connectivity index (χ2v) is 6.38. The van der Waals surface area contributed by atoms with E-state index in [0.29, 0.717) is 6.42 Å². The highest BCUT2D eigenvalue weighted by atomic mass is 16.5. The van der Waals surface area contributed by atoms with Gasteiger partial charge < -0.3 is 15.0 Å². The second kappa shape index (κ2) is 7.46. The molecular weight excluding hydrogens is 264 g/mol. The van der Waals surface area contributed by atoms with Crippen LogP contribution in [0.3, 0.4) is 0 Å². The smallest absolute Gasteiger partial charge is 0.226 e. The van der Waals surface area contributed by atoms with E-state index >= 15 is 0 Å². The van der Waals surface area contributed by atoms with E-state index in [1.54, 1.807) is 12.0 Å². The van der Waals surface area contributed by atoms with Crippen molar-refractivity contribution in [3.8, 4) is 5.75 Å². The lowest BCUT2D eigenvalue weighted by Gasteiger charge is -2.23. The van der Waals surface area contributed by atoms with Crippen molar-refractivity contribution in [2.75, 3.05) is 34.3 Å². The average molecular weight is 292 g/mol. The summed E-state index contributed by atoms with van der Waals surface area (Å²) < 4.78 is 5.43. The topological polar surface area (TPSA) is 41.6 Å². The van der Waals surface area contributed by atoms with E-state index in [1.165, 1.54) is 0 Å². The molecule has 0 aliphatic rings. The van der Waals surface area contributed by atoms with Crippen LogP contribution in [0.25, 0.3) is 0 Å². The second-order valence-electron chi connectivity index (χ2n) is 6.38. The van der Waals surface area contributed by atoms with Gasteiger partial charge in [-0.25, -0.2) is 0 Å². The molecule has 4 nitrogen and oxygen atoms in total. The number of hydrogen-bond acceptors (Lipinski definition) is 3. The molecule has 0 aromatic heterocycles. The number of rotatable bonds is 6. The molecule has 1 aromatic rings.